The first kappa shape index (κ1) is 25.6. The van der Waals surface area contributed by atoms with Crippen molar-refractivity contribution in [2.45, 2.75) is 12.8 Å². The number of azide groups is 1. The second kappa shape index (κ2) is 13.7. The molecule has 1 heterocycles. The molecular weight excluding hydrogens is 448 g/mol. The number of amides is 2. The van der Waals surface area contributed by atoms with Gasteiger partial charge in [-0.1, -0.05) is 47.6 Å². The Kier molecular flexibility index (Phi) is 10.0. The molecule has 1 N–H and O–H groups in total. The predicted molar refractivity (Wildman–Crippen MR) is 131 cm³/mol. The van der Waals surface area contributed by atoms with Crippen LogP contribution in [0.2, 0.25) is 0 Å². The largest absolute Gasteiger partial charge is 0.379 e. The van der Waals surface area contributed by atoms with E-state index in [4.69, 9.17) is 10.3 Å². The molecule has 2 aromatic carbocycles. The van der Waals surface area contributed by atoms with E-state index in [1.54, 1.807) is 54.6 Å². The number of carbonyl (C=O) groups is 3. The van der Waals surface area contributed by atoms with Crippen LogP contribution in [-0.4, -0.2) is 67.4 Å². The van der Waals surface area contributed by atoms with Crippen LogP contribution in [0.4, 0.5) is 5.69 Å². The van der Waals surface area contributed by atoms with Crippen molar-refractivity contribution in [3.63, 3.8) is 0 Å². The van der Waals surface area contributed by atoms with E-state index in [1.807, 2.05) is 6.07 Å². The van der Waals surface area contributed by atoms with Gasteiger partial charge in [-0.25, -0.2) is 0 Å². The average Bonchev–Trinajstić information content (AvgIpc) is 2.90. The van der Waals surface area contributed by atoms with Gasteiger partial charge in [-0.3, -0.25) is 19.4 Å². The molecule has 10 nitrogen and oxygen atoms in total. The van der Waals surface area contributed by atoms with Gasteiger partial charge in [0.2, 0.25) is 0 Å². The highest BCUT2D eigenvalue weighted by Gasteiger charge is 2.27. The molecule has 2 amide bonds. The summed E-state index contributed by atoms with van der Waals surface area (Å²) in [7, 11) is 0. The van der Waals surface area contributed by atoms with Gasteiger partial charge in [0, 0.05) is 42.2 Å². The SMILES string of the molecule is [N-]=[N+]=Nc1ccc(C=C(C(=O)NCCCC=O)N(CN2CCOCC2)C(=O)c2ccccc2)cc1. The lowest BCUT2D eigenvalue weighted by Gasteiger charge is -2.33. The van der Waals surface area contributed by atoms with Crippen LogP contribution in [0.1, 0.15) is 28.8 Å². The van der Waals surface area contributed by atoms with Gasteiger partial charge in [0.1, 0.15) is 12.0 Å². The topological polar surface area (TPSA) is 128 Å². The maximum absolute atomic E-state index is 13.6. The van der Waals surface area contributed by atoms with Crippen molar-refractivity contribution in [2.75, 3.05) is 39.5 Å². The molecule has 0 aliphatic carbocycles. The normalized spacial score (nSPS) is 14.0. The number of unbranched alkanes of at least 4 members (excludes halogenated alkanes) is 1. The van der Waals surface area contributed by atoms with Gasteiger partial charge in [0.05, 0.1) is 19.9 Å². The van der Waals surface area contributed by atoms with E-state index in [0.717, 1.165) is 6.29 Å². The Labute approximate surface area is 203 Å². The third-order valence-corrected chi connectivity index (χ3v) is 5.38. The fraction of sp³-hybridized carbons (Fsp3) is 0.320. The van der Waals surface area contributed by atoms with Crippen molar-refractivity contribution in [1.29, 1.82) is 0 Å². The summed E-state index contributed by atoms with van der Waals surface area (Å²) < 4.78 is 5.44. The number of hydrogen-bond donors (Lipinski definition) is 1. The number of rotatable bonds is 11. The monoisotopic (exact) mass is 476 g/mol. The maximum Gasteiger partial charge on any atom is 0.268 e. The van der Waals surface area contributed by atoms with Crippen LogP contribution in [0.25, 0.3) is 16.5 Å². The van der Waals surface area contributed by atoms with Gasteiger partial charge in [0.15, 0.2) is 0 Å². The van der Waals surface area contributed by atoms with Crippen LogP contribution in [0.3, 0.4) is 0 Å². The van der Waals surface area contributed by atoms with E-state index in [9.17, 15) is 14.4 Å². The number of benzene rings is 2. The third-order valence-electron chi connectivity index (χ3n) is 5.38. The molecule has 10 heteroatoms. The lowest BCUT2D eigenvalue weighted by molar-refractivity contribution is -0.119. The smallest absolute Gasteiger partial charge is 0.268 e. The summed E-state index contributed by atoms with van der Waals surface area (Å²) in [5.74, 6) is -0.732. The molecule has 0 bridgehead atoms. The van der Waals surface area contributed by atoms with Crippen LogP contribution in [0.15, 0.2) is 65.4 Å². The number of aldehydes is 1. The molecular formula is C25H28N6O4. The van der Waals surface area contributed by atoms with Gasteiger partial charge in [-0.2, -0.15) is 0 Å². The zero-order chi connectivity index (χ0) is 24.9. The van der Waals surface area contributed by atoms with Crippen molar-refractivity contribution in [2.24, 2.45) is 5.11 Å². The van der Waals surface area contributed by atoms with Gasteiger partial charge >= 0.3 is 0 Å². The second-order valence-electron chi connectivity index (χ2n) is 7.85. The van der Waals surface area contributed by atoms with Crippen LogP contribution in [0, 0.1) is 0 Å². The molecule has 182 valence electrons. The van der Waals surface area contributed by atoms with Crippen molar-refractivity contribution in [3.05, 3.63) is 81.9 Å². The van der Waals surface area contributed by atoms with Gasteiger partial charge in [-0.05, 0) is 35.7 Å². The van der Waals surface area contributed by atoms with Crippen LogP contribution >= 0.6 is 0 Å². The zero-order valence-corrected chi connectivity index (χ0v) is 19.4. The Bertz CT molecular complexity index is 1070. The minimum Gasteiger partial charge on any atom is -0.379 e. The predicted octanol–water partition coefficient (Wildman–Crippen LogP) is 3.50. The summed E-state index contributed by atoms with van der Waals surface area (Å²) in [5, 5.41) is 6.39. The molecule has 1 saturated heterocycles. The molecule has 35 heavy (non-hydrogen) atoms. The Balaban J connectivity index is 1.98. The first-order chi connectivity index (χ1) is 17.1. The van der Waals surface area contributed by atoms with E-state index < -0.39 is 5.91 Å². The number of nitrogens with zero attached hydrogens (tertiary/aromatic N) is 5. The Morgan fingerprint density at radius 2 is 1.83 bits per heavy atom. The minimum atomic E-state index is -0.424. The van der Waals surface area contributed by atoms with Crippen molar-refractivity contribution < 1.29 is 19.1 Å². The summed E-state index contributed by atoms with van der Waals surface area (Å²) in [4.78, 5) is 43.9. The maximum atomic E-state index is 13.6. The summed E-state index contributed by atoms with van der Waals surface area (Å²) in [5.41, 5.74) is 10.4. The van der Waals surface area contributed by atoms with E-state index in [1.165, 1.54) is 4.90 Å². The molecule has 0 saturated carbocycles. The molecule has 3 rings (SSSR count). The molecule has 2 aromatic rings. The highest BCUT2D eigenvalue weighted by Crippen LogP contribution is 2.20. The number of hydrogen-bond acceptors (Lipinski definition) is 6. The Morgan fingerprint density at radius 1 is 1.11 bits per heavy atom. The van der Waals surface area contributed by atoms with Gasteiger partial charge < -0.3 is 14.8 Å². The highest BCUT2D eigenvalue weighted by atomic mass is 16.5. The van der Waals surface area contributed by atoms with Crippen molar-refractivity contribution in [3.8, 4) is 0 Å². The van der Waals surface area contributed by atoms with Gasteiger partial charge in [0.25, 0.3) is 11.8 Å². The lowest BCUT2D eigenvalue weighted by Crippen LogP contribution is -2.48. The summed E-state index contributed by atoms with van der Waals surface area (Å²) >= 11 is 0. The first-order valence-electron chi connectivity index (χ1n) is 11.4. The van der Waals surface area contributed by atoms with Gasteiger partial charge in [-0.15, -0.1) is 0 Å². The molecule has 0 aromatic heterocycles. The van der Waals surface area contributed by atoms with Crippen molar-refractivity contribution >= 4 is 29.9 Å². The number of carbonyl (C=O) groups excluding carboxylic acids is 3. The Morgan fingerprint density at radius 3 is 2.49 bits per heavy atom. The molecule has 0 atom stereocenters. The molecule has 0 unspecified atom stereocenters. The molecule has 1 aliphatic heterocycles. The quantitative estimate of drug-likeness (QED) is 0.133. The minimum absolute atomic E-state index is 0.174. The van der Waals surface area contributed by atoms with Crippen LogP contribution in [-0.2, 0) is 14.3 Å². The van der Waals surface area contributed by atoms with Crippen LogP contribution < -0.4 is 5.32 Å². The van der Waals surface area contributed by atoms with E-state index in [0.29, 0.717) is 62.5 Å². The van der Waals surface area contributed by atoms with E-state index >= 15 is 0 Å². The highest BCUT2D eigenvalue weighted by molar-refractivity contribution is 6.05. The van der Waals surface area contributed by atoms with Crippen molar-refractivity contribution in [1.82, 2.24) is 15.1 Å². The fourth-order valence-corrected chi connectivity index (χ4v) is 3.52. The zero-order valence-electron chi connectivity index (χ0n) is 19.4. The van der Waals surface area contributed by atoms with E-state index in [2.05, 4.69) is 20.2 Å². The number of nitrogens with one attached hydrogen (secondary N) is 1. The fourth-order valence-electron chi connectivity index (χ4n) is 3.52. The molecule has 1 fully saturated rings. The second-order valence-corrected chi connectivity index (χ2v) is 7.85. The van der Waals surface area contributed by atoms with E-state index in [-0.39, 0.29) is 18.3 Å². The molecule has 0 radical (unpaired) electrons. The third kappa shape index (κ3) is 7.79. The Hall–Kier alpha value is -3.98. The first-order valence-corrected chi connectivity index (χ1v) is 11.4. The number of morpholine rings is 1. The summed E-state index contributed by atoms with van der Waals surface area (Å²) in [6.45, 7) is 2.87. The number of ether oxygens (including phenoxy) is 1. The van der Waals surface area contributed by atoms with Crippen LogP contribution in [0.5, 0.6) is 0 Å². The molecule has 0 spiro atoms. The standard InChI is InChI=1S/C25H28N6O4/c26-29-28-22-10-8-20(9-11-22)18-23(24(33)27-12-4-5-15-32)31(19-30-13-16-35-17-14-30)25(34)21-6-2-1-3-7-21/h1-3,6-11,15,18H,4-5,12-14,16-17,19H2,(H,27,33). The summed E-state index contributed by atoms with van der Waals surface area (Å²) in [6.07, 6.45) is 3.27. The average molecular weight is 477 g/mol. The molecule has 1 aliphatic rings. The summed E-state index contributed by atoms with van der Waals surface area (Å²) in [6, 6.07) is 15.5. The lowest BCUT2D eigenvalue weighted by atomic mass is 10.1.